The molecule has 0 unspecified atom stereocenters. The van der Waals surface area contributed by atoms with E-state index < -0.39 is 19.2 Å². The highest BCUT2D eigenvalue weighted by Crippen LogP contribution is 2.28. The molecular formula is C9H9BrF3NO. The number of hydrogen-bond acceptors (Lipinski definition) is 2. The first-order valence-corrected chi connectivity index (χ1v) is 4.92. The zero-order valence-corrected chi connectivity index (χ0v) is 9.23. The smallest absolute Gasteiger partial charge is 0.392 e. The molecule has 0 spiro atoms. The topological polar surface area (TPSA) is 35.2 Å². The zero-order valence-electron chi connectivity index (χ0n) is 7.64. The van der Waals surface area contributed by atoms with E-state index in [0.29, 0.717) is 15.9 Å². The largest absolute Gasteiger partial charge is 0.492 e. The first-order valence-electron chi connectivity index (χ1n) is 4.13. The minimum Gasteiger partial charge on any atom is -0.492 e. The first-order chi connectivity index (χ1) is 6.88. The number of nitrogens with two attached hydrogens (primary N) is 1. The van der Waals surface area contributed by atoms with Crippen LogP contribution in [-0.4, -0.2) is 12.8 Å². The molecular weight excluding hydrogens is 275 g/mol. The monoisotopic (exact) mass is 283 g/mol. The molecule has 0 saturated carbocycles. The van der Waals surface area contributed by atoms with E-state index in [1.165, 1.54) is 6.07 Å². The van der Waals surface area contributed by atoms with Crippen LogP contribution in [0.5, 0.6) is 5.75 Å². The lowest BCUT2D eigenvalue weighted by molar-refractivity contribution is -0.139. The molecule has 0 saturated heterocycles. The van der Waals surface area contributed by atoms with Gasteiger partial charge in [-0.2, -0.15) is 13.2 Å². The van der Waals surface area contributed by atoms with E-state index in [9.17, 15) is 13.2 Å². The fourth-order valence-electron chi connectivity index (χ4n) is 0.911. The van der Waals surface area contributed by atoms with Gasteiger partial charge in [-0.3, -0.25) is 0 Å². The maximum Gasteiger partial charge on any atom is 0.392 e. The third kappa shape index (κ3) is 4.42. The van der Waals surface area contributed by atoms with Crippen molar-refractivity contribution in [3.8, 4) is 5.75 Å². The molecule has 0 aliphatic heterocycles. The number of benzene rings is 1. The predicted molar refractivity (Wildman–Crippen MR) is 54.7 cm³/mol. The number of ether oxygens (including phenoxy) is 1. The molecule has 1 aromatic carbocycles. The molecule has 2 nitrogen and oxygen atoms in total. The van der Waals surface area contributed by atoms with Crippen LogP contribution < -0.4 is 10.5 Å². The Balaban J connectivity index is 2.51. The van der Waals surface area contributed by atoms with Crippen LogP contribution in [0.4, 0.5) is 18.9 Å². The van der Waals surface area contributed by atoms with Gasteiger partial charge >= 0.3 is 6.18 Å². The molecule has 0 aliphatic carbocycles. The first kappa shape index (κ1) is 12.2. The number of anilines is 1. The van der Waals surface area contributed by atoms with Crippen LogP contribution in [0.1, 0.15) is 6.42 Å². The number of alkyl halides is 3. The highest BCUT2D eigenvalue weighted by molar-refractivity contribution is 9.10. The van der Waals surface area contributed by atoms with Crippen molar-refractivity contribution in [1.29, 1.82) is 0 Å². The van der Waals surface area contributed by atoms with Gasteiger partial charge in [0.15, 0.2) is 0 Å². The second kappa shape index (κ2) is 4.74. The average Bonchev–Trinajstić information content (AvgIpc) is 2.07. The number of halogens is 4. The van der Waals surface area contributed by atoms with E-state index in [1.54, 1.807) is 12.1 Å². The highest BCUT2D eigenvalue weighted by Gasteiger charge is 2.26. The van der Waals surface area contributed by atoms with Crippen LogP contribution in [0.15, 0.2) is 22.7 Å². The van der Waals surface area contributed by atoms with Crippen molar-refractivity contribution in [3.63, 3.8) is 0 Å². The molecule has 1 rings (SSSR count). The number of nitrogen functional groups attached to an aromatic ring is 1. The third-order valence-corrected chi connectivity index (χ3v) is 2.22. The van der Waals surface area contributed by atoms with E-state index in [-0.39, 0.29) is 0 Å². The van der Waals surface area contributed by atoms with Gasteiger partial charge in [0.2, 0.25) is 0 Å². The van der Waals surface area contributed by atoms with Gasteiger partial charge in [-0.05, 0) is 34.1 Å². The summed E-state index contributed by atoms with van der Waals surface area (Å²) in [4.78, 5) is 0. The summed E-state index contributed by atoms with van der Waals surface area (Å²) < 4.78 is 40.9. The summed E-state index contributed by atoms with van der Waals surface area (Å²) in [7, 11) is 0. The summed E-state index contributed by atoms with van der Waals surface area (Å²) in [6.45, 7) is -0.397. The second-order valence-corrected chi connectivity index (χ2v) is 3.76. The Kier molecular flexibility index (Phi) is 3.84. The summed E-state index contributed by atoms with van der Waals surface area (Å²) in [6, 6.07) is 4.66. The number of hydrogen-bond donors (Lipinski definition) is 1. The highest BCUT2D eigenvalue weighted by atomic mass is 79.9. The van der Waals surface area contributed by atoms with Crippen molar-refractivity contribution >= 4 is 21.6 Å². The Morgan fingerprint density at radius 2 is 2.00 bits per heavy atom. The molecule has 0 heterocycles. The fourth-order valence-corrected chi connectivity index (χ4v) is 1.42. The Bertz CT molecular complexity index is 341. The van der Waals surface area contributed by atoms with Crippen LogP contribution >= 0.6 is 15.9 Å². The fraction of sp³-hybridized carbons (Fsp3) is 0.333. The summed E-state index contributed by atoms with van der Waals surface area (Å²) in [5.41, 5.74) is 5.98. The van der Waals surface area contributed by atoms with Crippen LogP contribution in [0.2, 0.25) is 0 Å². The molecule has 15 heavy (non-hydrogen) atoms. The Labute approximate surface area is 93.3 Å². The molecule has 0 atom stereocenters. The maximum absolute atomic E-state index is 11.8. The lowest BCUT2D eigenvalue weighted by Crippen LogP contribution is -2.13. The minimum absolute atomic E-state index is 0.355. The van der Waals surface area contributed by atoms with Crippen LogP contribution in [0, 0.1) is 0 Å². The van der Waals surface area contributed by atoms with E-state index in [0.717, 1.165) is 0 Å². The molecule has 0 aliphatic rings. The molecule has 84 valence electrons. The summed E-state index contributed by atoms with van der Waals surface area (Å²) in [5.74, 6) is 0.355. The molecule has 0 amide bonds. The molecule has 6 heteroatoms. The maximum atomic E-state index is 11.8. The summed E-state index contributed by atoms with van der Waals surface area (Å²) >= 11 is 3.14. The van der Waals surface area contributed by atoms with Crippen molar-refractivity contribution in [2.45, 2.75) is 12.6 Å². The Morgan fingerprint density at radius 3 is 2.53 bits per heavy atom. The van der Waals surface area contributed by atoms with E-state index in [4.69, 9.17) is 10.5 Å². The summed E-state index contributed by atoms with van der Waals surface area (Å²) in [5, 5.41) is 0. The lowest BCUT2D eigenvalue weighted by atomic mass is 10.3. The van der Waals surface area contributed by atoms with Crippen molar-refractivity contribution in [1.82, 2.24) is 0 Å². The SMILES string of the molecule is Nc1ccc(OCCC(F)(F)F)c(Br)c1. The van der Waals surface area contributed by atoms with Crippen molar-refractivity contribution in [2.75, 3.05) is 12.3 Å². The Morgan fingerprint density at radius 1 is 1.33 bits per heavy atom. The standard InChI is InChI=1S/C9H9BrF3NO/c10-7-5-6(14)1-2-8(7)15-4-3-9(11,12)13/h1-2,5H,3-4,14H2. The predicted octanol–water partition coefficient (Wildman–Crippen LogP) is 3.36. The molecule has 0 bridgehead atoms. The normalized spacial score (nSPS) is 11.5. The van der Waals surface area contributed by atoms with Crippen molar-refractivity contribution in [3.05, 3.63) is 22.7 Å². The van der Waals surface area contributed by atoms with Crippen LogP contribution in [0.25, 0.3) is 0 Å². The summed E-state index contributed by atoms with van der Waals surface area (Å²) in [6.07, 6.45) is -5.16. The zero-order chi connectivity index (χ0) is 11.5. The van der Waals surface area contributed by atoms with Gasteiger partial charge in [0.05, 0.1) is 17.5 Å². The van der Waals surface area contributed by atoms with Gasteiger partial charge in [-0.25, -0.2) is 0 Å². The van der Waals surface area contributed by atoms with Gasteiger partial charge in [0.1, 0.15) is 5.75 Å². The van der Waals surface area contributed by atoms with Gasteiger partial charge in [0, 0.05) is 5.69 Å². The second-order valence-electron chi connectivity index (χ2n) is 2.90. The molecule has 0 aromatic heterocycles. The van der Waals surface area contributed by atoms with Gasteiger partial charge in [0.25, 0.3) is 0 Å². The van der Waals surface area contributed by atoms with Gasteiger partial charge in [-0.15, -0.1) is 0 Å². The van der Waals surface area contributed by atoms with Crippen LogP contribution in [0.3, 0.4) is 0 Å². The lowest BCUT2D eigenvalue weighted by Gasteiger charge is -2.10. The molecule has 1 aromatic rings. The van der Waals surface area contributed by atoms with Crippen molar-refractivity contribution < 1.29 is 17.9 Å². The van der Waals surface area contributed by atoms with E-state index in [1.807, 2.05) is 0 Å². The molecule has 0 fully saturated rings. The van der Waals surface area contributed by atoms with Crippen LogP contribution in [-0.2, 0) is 0 Å². The molecule has 2 N–H and O–H groups in total. The minimum atomic E-state index is -4.19. The van der Waals surface area contributed by atoms with E-state index >= 15 is 0 Å². The van der Waals surface area contributed by atoms with Crippen molar-refractivity contribution in [2.24, 2.45) is 0 Å². The Hall–Kier alpha value is -0.910. The quantitative estimate of drug-likeness (QED) is 0.864. The van der Waals surface area contributed by atoms with Gasteiger partial charge < -0.3 is 10.5 Å². The van der Waals surface area contributed by atoms with E-state index in [2.05, 4.69) is 15.9 Å². The van der Waals surface area contributed by atoms with Gasteiger partial charge in [-0.1, -0.05) is 0 Å². The third-order valence-electron chi connectivity index (χ3n) is 1.60. The number of rotatable bonds is 3. The molecule has 0 radical (unpaired) electrons. The average molecular weight is 284 g/mol.